The van der Waals surface area contributed by atoms with E-state index in [9.17, 15) is 9.59 Å². The predicted molar refractivity (Wildman–Crippen MR) is 113 cm³/mol. The average molecular weight is 399 g/mol. The molecule has 7 nitrogen and oxygen atoms in total. The largest absolute Gasteiger partial charge is 0.322 e. The van der Waals surface area contributed by atoms with E-state index < -0.39 is 0 Å². The number of amides is 2. The summed E-state index contributed by atoms with van der Waals surface area (Å²) >= 11 is 0. The number of hydrogen-bond donors (Lipinski definition) is 2. The molecule has 1 aromatic heterocycles. The summed E-state index contributed by atoms with van der Waals surface area (Å²) in [7, 11) is 0. The van der Waals surface area contributed by atoms with Crippen molar-refractivity contribution in [3.63, 3.8) is 0 Å². The zero-order chi connectivity index (χ0) is 20.5. The monoisotopic (exact) mass is 399 g/mol. The van der Waals surface area contributed by atoms with Crippen LogP contribution in [-0.4, -0.2) is 28.1 Å². The highest BCUT2D eigenvalue weighted by Gasteiger charge is 2.29. The maximum Gasteiger partial charge on any atom is 0.291 e. The maximum atomic E-state index is 12.8. The number of nitrogens with zero attached hydrogens (tertiary/aromatic N) is 3. The lowest BCUT2D eigenvalue weighted by Gasteiger charge is -2.25. The molecule has 2 heterocycles. The number of benzene rings is 2. The van der Waals surface area contributed by atoms with Crippen molar-refractivity contribution in [2.75, 3.05) is 5.32 Å². The minimum absolute atomic E-state index is 0.112. The van der Waals surface area contributed by atoms with Gasteiger partial charge in [-0.3, -0.25) is 14.7 Å². The fourth-order valence-corrected chi connectivity index (χ4v) is 4.24. The first-order valence-corrected chi connectivity index (χ1v) is 10.2. The highest BCUT2D eigenvalue weighted by atomic mass is 16.2. The standard InChI is InChI=1S/C23H21N5O2/c29-22(25-17-9-8-16-13-24-26-20(16)12-17)15-5-3-4-14(10-15)11-21-18-6-1-2-7-19(18)23(30)28-27-21/h3-5,8-10,12-13,21H,1-2,6-7,11H2,(H,24,26)(H,25,29). The Kier molecular flexibility index (Phi) is 4.71. The lowest BCUT2D eigenvalue weighted by Crippen LogP contribution is -2.23. The topological polar surface area (TPSA) is 99.6 Å². The molecule has 0 bridgehead atoms. The van der Waals surface area contributed by atoms with Crippen LogP contribution in [0.5, 0.6) is 0 Å². The number of azo groups is 1. The summed E-state index contributed by atoms with van der Waals surface area (Å²) in [6, 6.07) is 13.1. The molecule has 30 heavy (non-hydrogen) atoms. The van der Waals surface area contributed by atoms with Gasteiger partial charge in [-0.15, -0.1) is 5.11 Å². The molecular formula is C23H21N5O2. The van der Waals surface area contributed by atoms with E-state index in [0.717, 1.165) is 53.3 Å². The molecular weight excluding hydrogens is 378 g/mol. The van der Waals surface area contributed by atoms with Gasteiger partial charge in [0.1, 0.15) is 0 Å². The van der Waals surface area contributed by atoms with Gasteiger partial charge in [0.2, 0.25) is 0 Å². The van der Waals surface area contributed by atoms with Crippen LogP contribution in [0.1, 0.15) is 41.6 Å². The number of fused-ring (bicyclic) bond motifs is 1. The Morgan fingerprint density at radius 1 is 1.13 bits per heavy atom. The Labute approximate surface area is 173 Å². The molecule has 2 amide bonds. The third-order valence-electron chi connectivity index (χ3n) is 5.78. The number of carbonyl (C=O) groups excluding carboxylic acids is 2. The van der Waals surface area contributed by atoms with Gasteiger partial charge in [-0.05, 0) is 67.2 Å². The average Bonchev–Trinajstić information content (AvgIpc) is 3.24. The van der Waals surface area contributed by atoms with Crippen molar-refractivity contribution in [3.8, 4) is 0 Å². The summed E-state index contributed by atoms with van der Waals surface area (Å²) in [5, 5.41) is 19.0. The van der Waals surface area contributed by atoms with Crippen LogP contribution in [0.2, 0.25) is 0 Å². The molecule has 5 rings (SSSR count). The van der Waals surface area contributed by atoms with Crippen molar-refractivity contribution < 1.29 is 9.59 Å². The highest BCUT2D eigenvalue weighted by Crippen LogP contribution is 2.33. The third kappa shape index (κ3) is 3.54. The summed E-state index contributed by atoms with van der Waals surface area (Å²) in [5.74, 6) is -0.350. The van der Waals surface area contributed by atoms with Gasteiger partial charge in [0.15, 0.2) is 0 Å². The molecule has 150 valence electrons. The van der Waals surface area contributed by atoms with Gasteiger partial charge >= 0.3 is 0 Å². The first kappa shape index (κ1) is 18.4. The van der Waals surface area contributed by atoms with Crippen molar-refractivity contribution >= 4 is 28.4 Å². The molecule has 1 unspecified atom stereocenters. The van der Waals surface area contributed by atoms with E-state index in [2.05, 4.69) is 25.7 Å². The molecule has 3 aromatic rings. The van der Waals surface area contributed by atoms with Gasteiger partial charge < -0.3 is 5.32 Å². The molecule has 2 aromatic carbocycles. The number of aromatic amines is 1. The molecule has 2 aliphatic rings. The normalized spacial score (nSPS) is 18.5. The summed E-state index contributed by atoms with van der Waals surface area (Å²) in [4.78, 5) is 24.8. The lowest BCUT2D eigenvalue weighted by molar-refractivity contribution is -0.115. The Morgan fingerprint density at radius 2 is 2.03 bits per heavy atom. The third-order valence-corrected chi connectivity index (χ3v) is 5.78. The molecule has 1 atom stereocenters. The molecule has 1 aliphatic carbocycles. The van der Waals surface area contributed by atoms with Crippen molar-refractivity contribution in [1.29, 1.82) is 0 Å². The van der Waals surface area contributed by atoms with E-state index in [1.807, 2.05) is 36.4 Å². The number of aromatic nitrogens is 2. The summed E-state index contributed by atoms with van der Waals surface area (Å²) in [6.45, 7) is 0. The van der Waals surface area contributed by atoms with Crippen LogP contribution in [0.3, 0.4) is 0 Å². The number of H-pyrrole nitrogens is 1. The van der Waals surface area contributed by atoms with E-state index in [1.165, 1.54) is 0 Å². The molecule has 0 radical (unpaired) electrons. The van der Waals surface area contributed by atoms with E-state index in [4.69, 9.17) is 0 Å². The van der Waals surface area contributed by atoms with Crippen molar-refractivity contribution in [2.45, 2.75) is 38.1 Å². The quantitative estimate of drug-likeness (QED) is 0.671. The van der Waals surface area contributed by atoms with Crippen molar-refractivity contribution in [1.82, 2.24) is 10.2 Å². The van der Waals surface area contributed by atoms with Crippen LogP contribution in [-0.2, 0) is 11.2 Å². The number of rotatable bonds is 4. The first-order valence-electron chi connectivity index (χ1n) is 10.2. The van der Waals surface area contributed by atoms with Crippen LogP contribution >= 0.6 is 0 Å². The van der Waals surface area contributed by atoms with Gasteiger partial charge in [0, 0.05) is 28.6 Å². The van der Waals surface area contributed by atoms with Crippen molar-refractivity contribution in [3.05, 3.63) is 70.9 Å². The molecule has 0 saturated heterocycles. The van der Waals surface area contributed by atoms with Crippen LogP contribution in [0.4, 0.5) is 5.69 Å². The second-order valence-corrected chi connectivity index (χ2v) is 7.78. The fourth-order valence-electron chi connectivity index (χ4n) is 4.24. The Hall–Kier alpha value is -3.61. The van der Waals surface area contributed by atoms with Crippen LogP contribution < -0.4 is 5.32 Å². The Balaban J connectivity index is 1.33. The fraction of sp³-hybridized carbons (Fsp3) is 0.261. The maximum absolute atomic E-state index is 12.8. The molecule has 0 fully saturated rings. The summed E-state index contributed by atoms with van der Waals surface area (Å²) in [6.07, 6.45) is 6.20. The molecule has 2 N–H and O–H groups in total. The van der Waals surface area contributed by atoms with Gasteiger partial charge in [-0.25, -0.2) is 0 Å². The van der Waals surface area contributed by atoms with E-state index in [0.29, 0.717) is 17.7 Å². The number of nitrogens with one attached hydrogen (secondary N) is 2. The number of anilines is 1. The molecule has 7 heteroatoms. The number of hydrogen-bond acceptors (Lipinski definition) is 4. The minimum atomic E-state index is -0.177. The SMILES string of the molecule is O=C1N=NC(Cc2cccc(C(=O)Nc3ccc4cn[nH]c4c3)c2)C2=C1CCCC2. The van der Waals surface area contributed by atoms with Crippen LogP contribution in [0, 0.1) is 0 Å². The van der Waals surface area contributed by atoms with Gasteiger partial charge in [0.05, 0.1) is 17.8 Å². The zero-order valence-electron chi connectivity index (χ0n) is 16.4. The van der Waals surface area contributed by atoms with Crippen LogP contribution in [0.15, 0.2) is 70.0 Å². The second-order valence-electron chi connectivity index (χ2n) is 7.78. The van der Waals surface area contributed by atoms with Gasteiger partial charge in [-0.1, -0.05) is 12.1 Å². The predicted octanol–water partition coefficient (Wildman–Crippen LogP) is 4.59. The molecule has 0 saturated carbocycles. The molecule has 1 aliphatic heterocycles. The zero-order valence-corrected chi connectivity index (χ0v) is 16.4. The summed E-state index contributed by atoms with van der Waals surface area (Å²) in [5.41, 5.74) is 5.14. The van der Waals surface area contributed by atoms with E-state index >= 15 is 0 Å². The van der Waals surface area contributed by atoms with E-state index in [1.54, 1.807) is 12.3 Å². The number of carbonyl (C=O) groups is 2. The highest BCUT2D eigenvalue weighted by molar-refractivity contribution is 6.05. The second kappa shape index (κ2) is 7.67. The van der Waals surface area contributed by atoms with Gasteiger partial charge in [0.25, 0.3) is 11.8 Å². The van der Waals surface area contributed by atoms with Crippen molar-refractivity contribution in [2.24, 2.45) is 10.2 Å². The Morgan fingerprint density at radius 3 is 2.97 bits per heavy atom. The van der Waals surface area contributed by atoms with Crippen LogP contribution in [0.25, 0.3) is 10.9 Å². The smallest absolute Gasteiger partial charge is 0.291 e. The summed E-state index contributed by atoms with van der Waals surface area (Å²) < 4.78 is 0. The minimum Gasteiger partial charge on any atom is -0.322 e. The van der Waals surface area contributed by atoms with E-state index in [-0.39, 0.29) is 17.9 Å². The first-order chi connectivity index (χ1) is 14.7. The Bertz CT molecular complexity index is 1210. The lowest BCUT2D eigenvalue weighted by atomic mass is 9.84. The van der Waals surface area contributed by atoms with Gasteiger partial charge in [-0.2, -0.15) is 10.2 Å². The molecule has 0 spiro atoms.